The molecule has 0 aliphatic carbocycles. The second-order valence-corrected chi connectivity index (χ2v) is 4.57. The van der Waals surface area contributed by atoms with Crippen molar-refractivity contribution in [1.29, 1.82) is 0 Å². The average molecular weight is 284 g/mol. The summed E-state index contributed by atoms with van der Waals surface area (Å²) in [5, 5.41) is 11.2. The number of anilines is 1. The topological polar surface area (TPSA) is 69.6 Å². The number of amides is 2. The van der Waals surface area contributed by atoms with Crippen LogP contribution in [0, 0.1) is 11.6 Å². The number of carboxylic acid groups (broad SMARTS) is 1. The molecule has 0 bridgehead atoms. The van der Waals surface area contributed by atoms with Crippen molar-refractivity contribution in [3.63, 3.8) is 0 Å². The Balaban J connectivity index is 2.16. The summed E-state index contributed by atoms with van der Waals surface area (Å²) in [5.41, 5.74) is -0.563. The minimum atomic E-state index is -1.12. The molecule has 1 heterocycles. The number of halogens is 2. The highest BCUT2D eigenvalue weighted by Gasteiger charge is 2.32. The number of benzene rings is 1. The molecule has 1 aliphatic heterocycles. The molecular weight excluding hydrogens is 270 g/mol. The number of nitrogens with zero attached hydrogens (tertiary/aromatic N) is 1. The summed E-state index contributed by atoms with van der Waals surface area (Å²) in [6, 6.07) is 1.45. The summed E-state index contributed by atoms with van der Waals surface area (Å²) < 4.78 is 26.9. The summed E-state index contributed by atoms with van der Waals surface area (Å²) in [7, 11) is 0. The van der Waals surface area contributed by atoms with Crippen LogP contribution in [0.5, 0.6) is 0 Å². The minimum absolute atomic E-state index is 0.249. The lowest BCUT2D eigenvalue weighted by Gasteiger charge is -2.32. The molecule has 1 aromatic carbocycles. The number of hydrogen-bond acceptors (Lipinski definition) is 2. The van der Waals surface area contributed by atoms with Crippen molar-refractivity contribution < 1.29 is 23.5 Å². The largest absolute Gasteiger partial charge is 0.480 e. The number of carboxylic acids is 1. The van der Waals surface area contributed by atoms with Gasteiger partial charge in [0.05, 0.1) is 0 Å². The number of carbonyl (C=O) groups is 2. The molecule has 20 heavy (non-hydrogen) atoms. The average Bonchev–Trinajstić information content (AvgIpc) is 2.43. The van der Waals surface area contributed by atoms with E-state index in [9.17, 15) is 18.4 Å². The molecule has 0 aromatic heterocycles. The van der Waals surface area contributed by atoms with Crippen molar-refractivity contribution in [2.24, 2.45) is 0 Å². The molecule has 1 saturated heterocycles. The van der Waals surface area contributed by atoms with E-state index in [4.69, 9.17) is 5.11 Å². The third kappa shape index (κ3) is 2.87. The Morgan fingerprint density at radius 1 is 1.25 bits per heavy atom. The summed E-state index contributed by atoms with van der Waals surface area (Å²) in [5.74, 6) is -2.92. The van der Waals surface area contributed by atoms with Crippen molar-refractivity contribution in [3.8, 4) is 0 Å². The maximum atomic E-state index is 13.4. The third-order valence-corrected chi connectivity index (χ3v) is 3.24. The minimum Gasteiger partial charge on any atom is -0.480 e. The first-order chi connectivity index (χ1) is 9.50. The van der Waals surface area contributed by atoms with E-state index in [1.807, 2.05) is 0 Å². The molecule has 0 saturated carbocycles. The Bertz CT molecular complexity index is 516. The first-order valence-electron chi connectivity index (χ1n) is 6.25. The Kier molecular flexibility index (Phi) is 4.16. The van der Waals surface area contributed by atoms with Gasteiger partial charge in [0.1, 0.15) is 23.4 Å². The van der Waals surface area contributed by atoms with Gasteiger partial charge in [0.2, 0.25) is 0 Å². The van der Waals surface area contributed by atoms with Crippen molar-refractivity contribution >= 4 is 17.7 Å². The van der Waals surface area contributed by atoms with Gasteiger partial charge in [-0.2, -0.15) is 0 Å². The summed E-state index contributed by atoms with van der Waals surface area (Å²) in [4.78, 5) is 24.2. The van der Waals surface area contributed by atoms with Gasteiger partial charge in [-0.3, -0.25) is 0 Å². The van der Waals surface area contributed by atoms with E-state index >= 15 is 0 Å². The Morgan fingerprint density at radius 3 is 2.50 bits per heavy atom. The van der Waals surface area contributed by atoms with E-state index in [-0.39, 0.29) is 6.54 Å². The van der Waals surface area contributed by atoms with Crippen molar-refractivity contribution in [2.75, 3.05) is 11.9 Å². The van der Waals surface area contributed by atoms with Gasteiger partial charge in [-0.1, -0.05) is 6.07 Å². The van der Waals surface area contributed by atoms with Gasteiger partial charge in [-0.15, -0.1) is 0 Å². The lowest BCUT2D eigenvalue weighted by atomic mass is 10.0. The van der Waals surface area contributed by atoms with Gasteiger partial charge in [-0.05, 0) is 31.4 Å². The number of likely N-dealkylation sites (tertiary alicyclic amines) is 1. The van der Waals surface area contributed by atoms with Gasteiger partial charge < -0.3 is 15.3 Å². The van der Waals surface area contributed by atoms with Crippen LogP contribution in [0.4, 0.5) is 19.3 Å². The fraction of sp³-hybridized carbons (Fsp3) is 0.385. The Morgan fingerprint density at radius 2 is 1.90 bits per heavy atom. The van der Waals surface area contributed by atoms with E-state index in [0.29, 0.717) is 19.3 Å². The first-order valence-corrected chi connectivity index (χ1v) is 6.25. The Hall–Kier alpha value is -2.18. The SMILES string of the molecule is O=C(O)C1CCCCN1C(=O)Nc1c(F)cccc1F. The fourth-order valence-corrected chi connectivity index (χ4v) is 2.23. The van der Waals surface area contributed by atoms with Gasteiger partial charge >= 0.3 is 12.0 Å². The monoisotopic (exact) mass is 284 g/mol. The molecular formula is C13H14F2N2O3. The molecule has 0 spiro atoms. The number of nitrogens with one attached hydrogen (secondary N) is 1. The second-order valence-electron chi connectivity index (χ2n) is 4.57. The molecule has 1 aliphatic rings. The standard InChI is InChI=1S/C13H14F2N2O3/c14-8-4-3-5-9(15)11(8)16-13(20)17-7-2-1-6-10(17)12(18)19/h3-5,10H,1-2,6-7H2,(H,16,20)(H,18,19). The molecule has 1 atom stereocenters. The predicted octanol–water partition coefficient (Wildman–Crippen LogP) is 2.44. The zero-order valence-electron chi connectivity index (χ0n) is 10.6. The lowest BCUT2D eigenvalue weighted by Crippen LogP contribution is -2.49. The highest BCUT2D eigenvalue weighted by atomic mass is 19.1. The van der Waals surface area contributed by atoms with Crippen LogP contribution in [0.2, 0.25) is 0 Å². The van der Waals surface area contributed by atoms with Gasteiger partial charge in [0.15, 0.2) is 0 Å². The number of para-hydroxylation sites is 1. The molecule has 1 unspecified atom stereocenters. The summed E-state index contributed by atoms with van der Waals surface area (Å²) in [6.45, 7) is 0.249. The quantitative estimate of drug-likeness (QED) is 0.876. The maximum absolute atomic E-state index is 13.4. The summed E-state index contributed by atoms with van der Waals surface area (Å²) >= 11 is 0. The number of piperidine rings is 1. The van der Waals surface area contributed by atoms with E-state index in [0.717, 1.165) is 17.0 Å². The molecule has 7 heteroatoms. The normalized spacial score (nSPS) is 18.7. The molecule has 2 rings (SSSR count). The summed E-state index contributed by atoms with van der Waals surface area (Å²) in [6.07, 6.45) is 1.70. The lowest BCUT2D eigenvalue weighted by molar-refractivity contribution is -0.143. The van der Waals surface area contributed by atoms with E-state index in [1.165, 1.54) is 6.07 Å². The highest BCUT2D eigenvalue weighted by Crippen LogP contribution is 2.22. The van der Waals surface area contributed by atoms with E-state index < -0.39 is 35.4 Å². The van der Waals surface area contributed by atoms with Crippen molar-refractivity contribution in [1.82, 2.24) is 4.90 Å². The molecule has 1 aromatic rings. The molecule has 1 fully saturated rings. The molecule has 108 valence electrons. The third-order valence-electron chi connectivity index (χ3n) is 3.24. The van der Waals surface area contributed by atoms with Crippen LogP contribution in [0.15, 0.2) is 18.2 Å². The van der Waals surface area contributed by atoms with Crippen LogP contribution >= 0.6 is 0 Å². The fourth-order valence-electron chi connectivity index (χ4n) is 2.23. The van der Waals surface area contributed by atoms with E-state index in [2.05, 4.69) is 5.32 Å². The maximum Gasteiger partial charge on any atom is 0.326 e. The van der Waals surface area contributed by atoms with Gasteiger partial charge in [0.25, 0.3) is 0 Å². The van der Waals surface area contributed by atoms with Gasteiger partial charge in [-0.25, -0.2) is 18.4 Å². The highest BCUT2D eigenvalue weighted by molar-refractivity contribution is 5.92. The zero-order chi connectivity index (χ0) is 14.7. The van der Waals surface area contributed by atoms with Crippen LogP contribution in [0.1, 0.15) is 19.3 Å². The van der Waals surface area contributed by atoms with Crippen LogP contribution < -0.4 is 5.32 Å². The van der Waals surface area contributed by atoms with Crippen molar-refractivity contribution in [3.05, 3.63) is 29.8 Å². The molecule has 2 amide bonds. The van der Waals surface area contributed by atoms with Gasteiger partial charge in [0, 0.05) is 6.54 Å². The van der Waals surface area contributed by atoms with Crippen molar-refractivity contribution in [2.45, 2.75) is 25.3 Å². The van der Waals surface area contributed by atoms with Crippen LogP contribution in [-0.4, -0.2) is 34.6 Å². The molecule has 5 nitrogen and oxygen atoms in total. The number of rotatable bonds is 2. The first kappa shape index (κ1) is 14.2. The number of urea groups is 1. The van der Waals surface area contributed by atoms with Crippen LogP contribution in [0.25, 0.3) is 0 Å². The number of aliphatic carboxylic acids is 1. The second kappa shape index (κ2) is 5.85. The number of hydrogen-bond donors (Lipinski definition) is 2. The van der Waals surface area contributed by atoms with E-state index in [1.54, 1.807) is 0 Å². The van der Waals surface area contributed by atoms with Crippen LogP contribution in [-0.2, 0) is 4.79 Å². The Labute approximate surface area is 114 Å². The molecule has 0 radical (unpaired) electrons. The number of carbonyl (C=O) groups excluding carboxylic acids is 1. The van der Waals surface area contributed by atoms with Crippen LogP contribution in [0.3, 0.4) is 0 Å². The smallest absolute Gasteiger partial charge is 0.326 e. The molecule has 2 N–H and O–H groups in total. The zero-order valence-corrected chi connectivity index (χ0v) is 10.6. The predicted molar refractivity (Wildman–Crippen MR) is 67.4 cm³/mol.